The summed E-state index contributed by atoms with van der Waals surface area (Å²) in [5.41, 5.74) is 1.92. The Labute approximate surface area is 145 Å². The molecule has 26 heavy (non-hydrogen) atoms. The summed E-state index contributed by atoms with van der Waals surface area (Å²) in [5.74, 6) is -0.785. The van der Waals surface area contributed by atoms with E-state index in [9.17, 15) is 8.78 Å². The first-order valence-electron chi connectivity index (χ1n) is 7.94. The first kappa shape index (κ1) is 14.9. The number of nitrogens with zero attached hydrogens (tertiary/aromatic N) is 1. The molecular weight excluding hydrogens is 340 g/mol. The molecule has 0 saturated carbocycles. The minimum absolute atomic E-state index is 0.00342. The lowest BCUT2D eigenvalue weighted by atomic mass is 10.1. The second-order valence-corrected chi connectivity index (χ2v) is 5.86. The van der Waals surface area contributed by atoms with E-state index in [4.69, 9.17) is 13.6 Å². The fraction of sp³-hybridized carbons (Fsp3) is 0.0500. The number of fused-ring (bicyclic) bond motifs is 4. The summed E-state index contributed by atoms with van der Waals surface area (Å²) in [4.78, 5) is 3.82. The lowest BCUT2D eigenvalue weighted by molar-refractivity contribution is -0.201. The monoisotopic (exact) mass is 351 g/mol. The summed E-state index contributed by atoms with van der Waals surface area (Å²) in [6.45, 7) is 0. The van der Waals surface area contributed by atoms with Gasteiger partial charge in [-0.05, 0) is 36.4 Å². The summed E-state index contributed by atoms with van der Waals surface area (Å²) in [6, 6.07) is 18.5. The van der Waals surface area contributed by atoms with Crippen molar-refractivity contribution in [3.63, 3.8) is 0 Å². The van der Waals surface area contributed by atoms with Crippen molar-refractivity contribution in [2.24, 2.45) is 0 Å². The minimum Gasteiger partial charge on any atom is -0.456 e. The van der Waals surface area contributed by atoms with E-state index in [0.29, 0.717) is 22.1 Å². The van der Waals surface area contributed by atoms with Gasteiger partial charge in [-0.25, -0.2) is 4.98 Å². The van der Waals surface area contributed by atoms with Gasteiger partial charge in [0.25, 0.3) is 0 Å². The van der Waals surface area contributed by atoms with Crippen LogP contribution < -0.4 is 4.74 Å². The van der Waals surface area contributed by atoms with Crippen LogP contribution in [0.15, 0.2) is 75.6 Å². The molecule has 128 valence electrons. The first-order valence-corrected chi connectivity index (χ1v) is 7.94. The van der Waals surface area contributed by atoms with E-state index >= 15 is 0 Å². The molecule has 0 fully saturated rings. The maximum atomic E-state index is 14.5. The van der Waals surface area contributed by atoms with Gasteiger partial charge in [-0.3, -0.25) is 0 Å². The highest BCUT2D eigenvalue weighted by Crippen LogP contribution is 2.36. The Balaban J connectivity index is 1.55. The largest absolute Gasteiger partial charge is 0.480 e. The van der Waals surface area contributed by atoms with Crippen LogP contribution in [0.3, 0.4) is 0 Å². The zero-order valence-electron chi connectivity index (χ0n) is 13.3. The van der Waals surface area contributed by atoms with Crippen molar-refractivity contribution in [3.8, 4) is 5.75 Å². The molecule has 0 aliphatic heterocycles. The third-order valence-electron chi connectivity index (χ3n) is 4.14. The van der Waals surface area contributed by atoms with Gasteiger partial charge in [0.2, 0.25) is 0 Å². The maximum Gasteiger partial charge on any atom is 0.480 e. The molecule has 0 unspecified atom stereocenters. The normalized spacial score (nSPS) is 12.2. The fourth-order valence-electron chi connectivity index (χ4n) is 2.96. The summed E-state index contributed by atoms with van der Waals surface area (Å²) in [6.07, 6.45) is -3.70. The molecule has 5 aromatic rings. The number of furan rings is 1. The Morgan fingerprint density at radius 2 is 1.50 bits per heavy atom. The van der Waals surface area contributed by atoms with Gasteiger partial charge in [0.15, 0.2) is 5.58 Å². The second-order valence-electron chi connectivity index (χ2n) is 5.86. The van der Waals surface area contributed by atoms with Crippen LogP contribution in [0.2, 0.25) is 0 Å². The van der Waals surface area contributed by atoms with Gasteiger partial charge in [0, 0.05) is 10.8 Å². The zero-order valence-corrected chi connectivity index (χ0v) is 13.3. The molecular formula is C20H11F2NO3. The Morgan fingerprint density at radius 1 is 0.769 bits per heavy atom. The quantitative estimate of drug-likeness (QED) is 0.409. The summed E-state index contributed by atoms with van der Waals surface area (Å²) < 4.78 is 44.8. The molecule has 0 aliphatic carbocycles. The van der Waals surface area contributed by atoms with E-state index in [1.807, 2.05) is 24.3 Å². The van der Waals surface area contributed by atoms with Gasteiger partial charge in [-0.15, -0.1) is 0 Å². The van der Waals surface area contributed by atoms with Gasteiger partial charge >= 0.3 is 12.0 Å². The number of hydrogen-bond acceptors (Lipinski definition) is 4. The molecule has 0 atom stereocenters. The average molecular weight is 351 g/mol. The van der Waals surface area contributed by atoms with Crippen molar-refractivity contribution in [1.82, 2.24) is 4.98 Å². The number of ether oxygens (including phenoxy) is 1. The smallest absolute Gasteiger partial charge is 0.456 e. The summed E-state index contributed by atoms with van der Waals surface area (Å²) >= 11 is 0. The number of rotatable bonds is 3. The van der Waals surface area contributed by atoms with E-state index in [-0.39, 0.29) is 11.3 Å². The summed E-state index contributed by atoms with van der Waals surface area (Å²) in [5, 5.41) is 1.53. The molecule has 6 heteroatoms. The van der Waals surface area contributed by atoms with Crippen LogP contribution in [-0.2, 0) is 6.11 Å². The van der Waals surface area contributed by atoms with E-state index < -0.39 is 12.0 Å². The van der Waals surface area contributed by atoms with Crippen LogP contribution in [-0.4, -0.2) is 4.98 Å². The van der Waals surface area contributed by atoms with E-state index in [1.54, 1.807) is 30.3 Å². The Kier molecular flexibility index (Phi) is 3.03. The van der Waals surface area contributed by atoms with Crippen LogP contribution in [0.4, 0.5) is 8.78 Å². The molecule has 4 nitrogen and oxygen atoms in total. The predicted octanol–water partition coefficient (Wildman–Crippen LogP) is 5.86. The number of aromatic nitrogens is 1. The molecule has 0 spiro atoms. The van der Waals surface area contributed by atoms with E-state index in [1.165, 1.54) is 12.1 Å². The molecule has 0 radical (unpaired) electrons. The molecule has 3 aromatic carbocycles. The Bertz CT molecular complexity index is 1220. The number of hydrogen-bond donors (Lipinski definition) is 0. The Hall–Kier alpha value is -3.41. The molecule has 0 N–H and O–H groups in total. The van der Waals surface area contributed by atoms with Crippen LogP contribution in [0.1, 0.15) is 5.89 Å². The zero-order chi connectivity index (χ0) is 17.7. The van der Waals surface area contributed by atoms with Crippen LogP contribution >= 0.6 is 0 Å². The van der Waals surface area contributed by atoms with E-state index in [2.05, 4.69) is 4.98 Å². The van der Waals surface area contributed by atoms with Gasteiger partial charge in [0.1, 0.15) is 22.4 Å². The first-order chi connectivity index (χ1) is 12.6. The molecule has 5 rings (SSSR count). The van der Waals surface area contributed by atoms with Crippen molar-refractivity contribution in [1.29, 1.82) is 0 Å². The molecule has 0 bridgehead atoms. The molecule has 0 saturated heterocycles. The van der Waals surface area contributed by atoms with Crippen molar-refractivity contribution in [2.75, 3.05) is 0 Å². The highest BCUT2D eigenvalue weighted by molar-refractivity contribution is 6.05. The number of para-hydroxylation sites is 3. The second kappa shape index (κ2) is 5.29. The summed E-state index contributed by atoms with van der Waals surface area (Å²) in [7, 11) is 0. The number of oxazole rings is 1. The number of alkyl halides is 2. The third-order valence-corrected chi connectivity index (χ3v) is 4.14. The number of halogens is 2. The lowest BCUT2D eigenvalue weighted by Crippen LogP contribution is -2.22. The van der Waals surface area contributed by atoms with Crippen LogP contribution in [0, 0.1) is 0 Å². The molecule has 2 heterocycles. The highest BCUT2D eigenvalue weighted by atomic mass is 19.3. The molecule has 0 aliphatic rings. The third kappa shape index (κ3) is 2.30. The Morgan fingerprint density at radius 3 is 2.35 bits per heavy atom. The average Bonchev–Trinajstić information content (AvgIpc) is 3.23. The van der Waals surface area contributed by atoms with Crippen molar-refractivity contribution in [3.05, 3.63) is 72.6 Å². The van der Waals surface area contributed by atoms with Crippen LogP contribution in [0.25, 0.3) is 33.0 Å². The number of benzene rings is 3. The molecule has 0 amide bonds. The van der Waals surface area contributed by atoms with Gasteiger partial charge in [-0.1, -0.05) is 30.3 Å². The SMILES string of the molecule is FC(F)(Oc1ccc2oc3ccccc3c2c1)c1nc2ccccc2o1. The van der Waals surface area contributed by atoms with E-state index in [0.717, 1.165) is 5.39 Å². The van der Waals surface area contributed by atoms with Gasteiger partial charge < -0.3 is 13.6 Å². The van der Waals surface area contributed by atoms with Gasteiger partial charge in [-0.2, -0.15) is 8.78 Å². The van der Waals surface area contributed by atoms with Crippen molar-refractivity contribution in [2.45, 2.75) is 6.11 Å². The van der Waals surface area contributed by atoms with Crippen molar-refractivity contribution < 1.29 is 22.4 Å². The fourth-order valence-corrected chi connectivity index (χ4v) is 2.96. The minimum atomic E-state index is -3.70. The topological polar surface area (TPSA) is 48.4 Å². The highest BCUT2D eigenvalue weighted by Gasteiger charge is 2.41. The van der Waals surface area contributed by atoms with Crippen molar-refractivity contribution >= 4 is 33.0 Å². The maximum absolute atomic E-state index is 14.5. The van der Waals surface area contributed by atoms with Gasteiger partial charge in [0.05, 0.1) is 0 Å². The lowest BCUT2D eigenvalue weighted by Gasteiger charge is -2.14. The predicted molar refractivity (Wildman–Crippen MR) is 92.3 cm³/mol. The standard InChI is InChI=1S/C20H11F2NO3/c21-20(22,19-23-15-6-2-4-8-18(15)25-19)26-12-9-10-17-14(11-12)13-5-1-3-7-16(13)24-17/h1-11H. The van der Waals surface area contributed by atoms with Crippen LogP contribution in [0.5, 0.6) is 5.75 Å². The molecule has 2 aromatic heterocycles.